The number of hydrogen-bond acceptors (Lipinski definition) is 5. The van der Waals surface area contributed by atoms with E-state index in [2.05, 4.69) is 28.8 Å². The first-order valence-electron chi connectivity index (χ1n) is 9.09. The van der Waals surface area contributed by atoms with Crippen molar-refractivity contribution in [3.63, 3.8) is 0 Å². The molecule has 7 heteroatoms. The van der Waals surface area contributed by atoms with Gasteiger partial charge < -0.3 is 15.5 Å². The van der Waals surface area contributed by atoms with Crippen molar-refractivity contribution in [2.24, 2.45) is 5.73 Å². The lowest BCUT2D eigenvalue weighted by Crippen LogP contribution is -2.23. The van der Waals surface area contributed by atoms with Crippen LogP contribution in [-0.2, 0) is 4.74 Å². The number of fused-ring (bicyclic) bond motifs is 1. The van der Waals surface area contributed by atoms with Crippen LogP contribution in [-0.4, -0.2) is 32.4 Å². The average molecular weight is 380 g/mol. The fourth-order valence-corrected chi connectivity index (χ4v) is 2.90. The van der Waals surface area contributed by atoms with Gasteiger partial charge >= 0.3 is 5.97 Å². The molecule has 2 heterocycles. The van der Waals surface area contributed by atoms with Crippen LogP contribution in [0.2, 0.25) is 0 Å². The largest absolute Gasteiger partial charge is 0.456 e. The van der Waals surface area contributed by atoms with E-state index >= 15 is 0 Å². The van der Waals surface area contributed by atoms with Crippen molar-refractivity contribution in [1.82, 2.24) is 15.0 Å². The Labute approximate surface area is 163 Å². The van der Waals surface area contributed by atoms with Gasteiger partial charge in [-0.15, -0.1) is 0 Å². The predicted molar refractivity (Wildman–Crippen MR) is 107 cm³/mol. The second kappa shape index (κ2) is 7.07. The first-order valence-corrected chi connectivity index (χ1v) is 9.09. The maximum absolute atomic E-state index is 12.4. The van der Waals surface area contributed by atoms with Crippen LogP contribution in [0, 0.1) is 0 Å². The summed E-state index contributed by atoms with van der Waals surface area (Å²) in [5, 5.41) is 0. The number of carbonyl (C=O) groups excluding carboxylic acids is 2. The number of ether oxygens (including phenoxy) is 1. The van der Waals surface area contributed by atoms with E-state index < -0.39 is 17.5 Å². The summed E-state index contributed by atoms with van der Waals surface area (Å²) >= 11 is 0. The fourth-order valence-electron chi connectivity index (χ4n) is 2.90. The number of aromatic nitrogens is 3. The molecule has 28 heavy (non-hydrogen) atoms. The zero-order valence-corrected chi connectivity index (χ0v) is 16.7. The lowest BCUT2D eigenvalue weighted by Gasteiger charge is -2.19. The molecule has 0 unspecified atom stereocenters. The van der Waals surface area contributed by atoms with E-state index in [1.165, 1.54) is 0 Å². The monoisotopic (exact) mass is 380 g/mol. The average Bonchev–Trinajstić information content (AvgIpc) is 3.02. The van der Waals surface area contributed by atoms with E-state index in [4.69, 9.17) is 10.5 Å². The van der Waals surface area contributed by atoms with Crippen LogP contribution in [0.1, 0.15) is 66.9 Å². The van der Waals surface area contributed by atoms with E-state index in [0.717, 1.165) is 5.56 Å². The number of carbonyl (C=O) groups is 2. The summed E-state index contributed by atoms with van der Waals surface area (Å²) in [6, 6.07) is 6.77. The van der Waals surface area contributed by atoms with Crippen molar-refractivity contribution in [1.29, 1.82) is 0 Å². The molecule has 1 amide bonds. The van der Waals surface area contributed by atoms with Crippen molar-refractivity contribution < 1.29 is 14.3 Å². The van der Waals surface area contributed by atoms with E-state index in [-0.39, 0.29) is 11.6 Å². The zero-order chi connectivity index (χ0) is 20.6. The zero-order valence-electron chi connectivity index (χ0n) is 16.7. The Morgan fingerprint density at radius 2 is 1.89 bits per heavy atom. The summed E-state index contributed by atoms with van der Waals surface area (Å²) in [5.74, 6) is -0.912. The summed E-state index contributed by atoms with van der Waals surface area (Å²) in [7, 11) is 0. The molecule has 0 aliphatic carbocycles. The number of nitrogens with one attached hydrogen (secondary N) is 1. The topological polar surface area (TPSA) is 111 Å². The number of amides is 1. The Morgan fingerprint density at radius 1 is 1.18 bits per heavy atom. The van der Waals surface area contributed by atoms with Gasteiger partial charge in [0.25, 0.3) is 5.91 Å². The molecule has 0 saturated carbocycles. The molecule has 0 fully saturated rings. The van der Waals surface area contributed by atoms with E-state index in [1.807, 2.05) is 6.20 Å². The van der Waals surface area contributed by atoms with Crippen LogP contribution in [0.3, 0.4) is 0 Å². The highest BCUT2D eigenvalue weighted by atomic mass is 16.6. The summed E-state index contributed by atoms with van der Waals surface area (Å²) in [5.41, 5.74) is 8.43. The van der Waals surface area contributed by atoms with Crippen LogP contribution < -0.4 is 5.73 Å². The molecule has 7 nitrogen and oxygen atoms in total. The number of nitrogens with zero attached hydrogens (tertiary/aromatic N) is 2. The quantitative estimate of drug-likeness (QED) is 0.669. The minimum Gasteiger partial charge on any atom is -0.456 e. The van der Waals surface area contributed by atoms with Crippen LogP contribution in [0.5, 0.6) is 0 Å². The van der Waals surface area contributed by atoms with E-state index in [1.54, 1.807) is 45.0 Å². The van der Waals surface area contributed by atoms with Gasteiger partial charge in [-0.05, 0) is 38.8 Å². The molecule has 0 bridgehead atoms. The van der Waals surface area contributed by atoms with Gasteiger partial charge in [-0.1, -0.05) is 26.0 Å². The summed E-state index contributed by atoms with van der Waals surface area (Å²) in [4.78, 5) is 36.5. The van der Waals surface area contributed by atoms with Crippen molar-refractivity contribution in [3.05, 3.63) is 47.3 Å². The highest BCUT2D eigenvalue weighted by Crippen LogP contribution is 2.28. The molecular formula is C21H24N4O3. The molecule has 0 aliphatic heterocycles. The number of benzene rings is 1. The Kier molecular flexibility index (Phi) is 4.93. The smallest absolute Gasteiger partial charge is 0.338 e. The molecule has 1 aromatic carbocycles. The molecule has 0 saturated heterocycles. The standard InChI is InChI=1S/C21H24N4O3/c1-11(2)14-10-23-19-16(14)24-15(17(25-19)18(22)26)12-7-6-8-13(9-12)20(27)28-21(3,4)5/h6-11H,1-5H3,(H2,22,26)(H,23,25). The van der Waals surface area contributed by atoms with Gasteiger partial charge in [0.1, 0.15) is 16.8 Å². The van der Waals surface area contributed by atoms with Crippen LogP contribution >= 0.6 is 0 Å². The van der Waals surface area contributed by atoms with Gasteiger partial charge in [0, 0.05) is 17.3 Å². The Morgan fingerprint density at radius 3 is 2.50 bits per heavy atom. The third kappa shape index (κ3) is 3.88. The molecule has 2 aromatic heterocycles. The number of aromatic amines is 1. The summed E-state index contributed by atoms with van der Waals surface area (Å²) in [6.45, 7) is 9.51. The molecule has 3 aromatic rings. The third-order valence-electron chi connectivity index (χ3n) is 4.16. The third-order valence-corrected chi connectivity index (χ3v) is 4.16. The van der Waals surface area contributed by atoms with Crippen molar-refractivity contribution in [3.8, 4) is 11.3 Å². The molecule has 146 valence electrons. The lowest BCUT2D eigenvalue weighted by atomic mass is 10.0. The number of nitrogens with two attached hydrogens (primary N) is 1. The number of H-pyrrole nitrogens is 1. The lowest BCUT2D eigenvalue weighted by molar-refractivity contribution is 0.00695. The van der Waals surface area contributed by atoms with Gasteiger partial charge in [-0.3, -0.25) is 4.79 Å². The highest BCUT2D eigenvalue weighted by Gasteiger charge is 2.21. The summed E-state index contributed by atoms with van der Waals surface area (Å²) < 4.78 is 5.43. The van der Waals surface area contributed by atoms with Gasteiger partial charge in [-0.2, -0.15) is 0 Å². The molecule has 0 aliphatic rings. The molecule has 3 rings (SSSR count). The minimum absolute atomic E-state index is 0.0472. The van der Waals surface area contributed by atoms with Crippen LogP contribution in [0.4, 0.5) is 0 Å². The second-order valence-electron chi connectivity index (χ2n) is 7.96. The van der Waals surface area contributed by atoms with Gasteiger partial charge in [0.15, 0.2) is 11.3 Å². The number of primary amides is 1. The maximum atomic E-state index is 12.4. The van der Waals surface area contributed by atoms with Crippen LogP contribution in [0.25, 0.3) is 22.4 Å². The van der Waals surface area contributed by atoms with Crippen molar-refractivity contribution >= 4 is 23.0 Å². The van der Waals surface area contributed by atoms with E-state index in [9.17, 15) is 9.59 Å². The molecule has 0 spiro atoms. The fraction of sp³-hybridized carbons (Fsp3) is 0.333. The highest BCUT2D eigenvalue weighted by molar-refractivity contribution is 6.00. The number of hydrogen-bond donors (Lipinski definition) is 2. The van der Waals surface area contributed by atoms with E-state index in [0.29, 0.717) is 28.0 Å². The SMILES string of the molecule is CC(C)c1c[nH]c2nc(C(N)=O)c(-c3cccc(C(=O)OC(C)(C)C)c3)nc12. The molecule has 0 atom stereocenters. The minimum atomic E-state index is -0.687. The Bertz CT molecular complexity index is 1060. The first-order chi connectivity index (χ1) is 13.1. The van der Waals surface area contributed by atoms with Crippen molar-refractivity contribution in [2.45, 2.75) is 46.1 Å². The molecule has 0 radical (unpaired) electrons. The summed E-state index contributed by atoms with van der Waals surface area (Å²) in [6.07, 6.45) is 1.83. The van der Waals surface area contributed by atoms with Gasteiger partial charge in [0.2, 0.25) is 0 Å². The second-order valence-corrected chi connectivity index (χ2v) is 7.96. The number of rotatable bonds is 4. The molecular weight excluding hydrogens is 356 g/mol. The van der Waals surface area contributed by atoms with Gasteiger partial charge in [0.05, 0.1) is 5.56 Å². The van der Waals surface area contributed by atoms with Crippen LogP contribution in [0.15, 0.2) is 30.5 Å². The number of esters is 1. The predicted octanol–water partition coefficient (Wildman–Crippen LogP) is 3.80. The molecule has 3 N–H and O–H groups in total. The normalized spacial score (nSPS) is 11.8. The Balaban J connectivity index is 2.15. The van der Waals surface area contributed by atoms with Crippen molar-refractivity contribution in [2.75, 3.05) is 0 Å². The first kappa shape index (κ1) is 19.5. The Hall–Kier alpha value is -3.22. The van der Waals surface area contributed by atoms with Gasteiger partial charge in [-0.25, -0.2) is 14.8 Å². The maximum Gasteiger partial charge on any atom is 0.338 e.